The molecule has 2 aromatic carbocycles. The smallest absolute Gasteiger partial charge is 0.279 e. The number of methoxy groups -OCH3 is 1. The number of aromatic nitrogens is 1. The van der Waals surface area contributed by atoms with Crippen molar-refractivity contribution in [3.8, 4) is 11.5 Å². The lowest BCUT2D eigenvalue weighted by atomic mass is 9.95. The highest BCUT2D eigenvalue weighted by Crippen LogP contribution is 2.39. The van der Waals surface area contributed by atoms with Crippen molar-refractivity contribution in [3.63, 3.8) is 0 Å². The first-order valence-electron chi connectivity index (χ1n) is 10.1. The lowest BCUT2D eigenvalue weighted by Crippen LogP contribution is -2.29. The van der Waals surface area contributed by atoms with Gasteiger partial charge < -0.3 is 15.2 Å². The Morgan fingerprint density at radius 2 is 2.00 bits per heavy atom. The molecule has 1 unspecified atom stereocenters. The molecule has 0 saturated carbocycles. The normalized spacial score (nSPS) is 11.8. The molecule has 0 radical (unpaired) electrons. The fourth-order valence-corrected chi connectivity index (χ4v) is 3.51. The minimum atomic E-state index is -0.787. The Balaban J connectivity index is 2.11. The summed E-state index contributed by atoms with van der Waals surface area (Å²) in [6, 6.07) is 10.6. The number of amides is 1. The predicted molar refractivity (Wildman–Crippen MR) is 117 cm³/mol. The van der Waals surface area contributed by atoms with E-state index in [2.05, 4.69) is 17.2 Å². The Morgan fingerprint density at radius 3 is 2.65 bits per heavy atom. The maximum Gasteiger partial charge on any atom is 0.279 e. The van der Waals surface area contributed by atoms with E-state index in [-0.39, 0.29) is 33.8 Å². The Bertz CT molecular complexity index is 1080. The fourth-order valence-electron chi connectivity index (χ4n) is 3.51. The van der Waals surface area contributed by atoms with E-state index in [1.54, 1.807) is 37.4 Å². The maximum absolute atomic E-state index is 12.6. The molecule has 0 saturated heterocycles. The number of carbonyl (C=O) groups excluding carboxylic acids is 1. The van der Waals surface area contributed by atoms with Gasteiger partial charge in [0.15, 0.2) is 0 Å². The molecule has 31 heavy (non-hydrogen) atoms. The molecule has 162 valence electrons. The molecule has 8 heteroatoms. The number of non-ortho nitro benzene ring substituents is 1. The number of fused-ring (bicyclic) bond motifs is 1. The van der Waals surface area contributed by atoms with Gasteiger partial charge in [0.05, 0.1) is 23.5 Å². The van der Waals surface area contributed by atoms with Gasteiger partial charge in [0, 0.05) is 24.2 Å². The summed E-state index contributed by atoms with van der Waals surface area (Å²) in [5.41, 5.74) is 0.802. The number of ether oxygens (including phenoxy) is 1. The number of phenolic OH excluding ortho intramolecular Hbond substituents is 1. The number of rotatable bonds is 9. The highest BCUT2D eigenvalue weighted by Gasteiger charge is 2.26. The SMILES string of the molecule is CCCCCC(=O)NC(c1ccc(OC)cc1)c1cc([N+](=O)[O-])c2cccnc2c1O. The van der Waals surface area contributed by atoms with Crippen LogP contribution in [-0.2, 0) is 4.79 Å². The first-order chi connectivity index (χ1) is 15.0. The van der Waals surface area contributed by atoms with Crippen molar-refractivity contribution in [1.82, 2.24) is 10.3 Å². The van der Waals surface area contributed by atoms with Crippen LogP contribution in [0.5, 0.6) is 11.5 Å². The number of aromatic hydroxyl groups is 1. The summed E-state index contributed by atoms with van der Waals surface area (Å²) in [4.78, 5) is 28.0. The lowest BCUT2D eigenvalue weighted by Gasteiger charge is -2.22. The van der Waals surface area contributed by atoms with Gasteiger partial charge in [-0.15, -0.1) is 0 Å². The highest BCUT2D eigenvalue weighted by atomic mass is 16.6. The molecule has 8 nitrogen and oxygen atoms in total. The number of nitrogens with zero attached hydrogens (tertiary/aromatic N) is 2. The summed E-state index contributed by atoms with van der Waals surface area (Å²) in [6.45, 7) is 2.05. The number of carbonyl (C=O) groups is 1. The average Bonchev–Trinajstić information content (AvgIpc) is 2.78. The molecule has 0 aliphatic rings. The van der Waals surface area contributed by atoms with Gasteiger partial charge in [-0.2, -0.15) is 0 Å². The van der Waals surface area contributed by atoms with Crippen LogP contribution in [0, 0.1) is 10.1 Å². The Kier molecular flexibility index (Phi) is 7.02. The van der Waals surface area contributed by atoms with Crippen LogP contribution in [0.15, 0.2) is 48.7 Å². The van der Waals surface area contributed by atoms with Crippen molar-refractivity contribution in [1.29, 1.82) is 0 Å². The Morgan fingerprint density at radius 1 is 1.26 bits per heavy atom. The second-order valence-electron chi connectivity index (χ2n) is 7.22. The van der Waals surface area contributed by atoms with Crippen molar-refractivity contribution < 1.29 is 19.6 Å². The zero-order valence-electron chi connectivity index (χ0n) is 17.5. The zero-order chi connectivity index (χ0) is 22.4. The number of unbranched alkanes of at least 4 members (excludes halogenated alkanes) is 2. The number of hydrogen-bond donors (Lipinski definition) is 2. The van der Waals surface area contributed by atoms with Gasteiger partial charge in [0.25, 0.3) is 5.69 Å². The van der Waals surface area contributed by atoms with Gasteiger partial charge in [0.2, 0.25) is 5.91 Å². The first kappa shape index (κ1) is 22.0. The number of hydrogen-bond acceptors (Lipinski definition) is 6. The molecule has 1 atom stereocenters. The Labute approximate surface area is 180 Å². The van der Waals surface area contributed by atoms with Crippen LogP contribution in [0.4, 0.5) is 5.69 Å². The third-order valence-corrected chi connectivity index (χ3v) is 5.14. The van der Waals surface area contributed by atoms with E-state index in [9.17, 15) is 20.0 Å². The molecule has 1 heterocycles. The van der Waals surface area contributed by atoms with Crippen LogP contribution in [0.25, 0.3) is 10.9 Å². The second-order valence-corrected chi connectivity index (χ2v) is 7.22. The number of nitro groups is 1. The molecule has 3 rings (SSSR count). The van der Waals surface area contributed by atoms with E-state index >= 15 is 0 Å². The van der Waals surface area contributed by atoms with Crippen molar-refractivity contribution in [2.24, 2.45) is 0 Å². The van der Waals surface area contributed by atoms with Gasteiger partial charge in [-0.3, -0.25) is 19.9 Å². The van der Waals surface area contributed by atoms with Crippen molar-refractivity contribution in [2.75, 3.05) is 7.11 Å². The third kappa shape index (κ3) is 4.91. The highest BCUT2D eigenvalue weighted by molar-refractivity contribution is 5.94. The molecule has 3 aromatic rings. The van der Waals surface area contributed by atoms with Gasteiger partial charge in [-0.05, 0) is 36.2 Å². The summed E-state index contributed by atoms with van der Waals surface area (Å²) in [5.74, 6) is 0.237. The van der Waals surface area contributed by atoms with Crippen molar-refractivity contribution in [3.05, 3.63) is 69.9 Å². The molecular weight excluding hydrogens is 398 g/mol. The van der Waals surface area contributed by atoms with Crippen LogP contribution in [0.1, 0.15) is 49.8 Å². The molecule has 0 aliphatic heterocycles. The van der Waals surface area contributed by atoms with E-state index < -0.39 is 11.0 Å². The standard InChI is InChI=1S/C23H25N3O5/c1-3-4-5-8-20(27)25-21(15-9-11-16(31-2)12-10-15)18-14-19(26(29)30)17-7-6-13-24-22(17)23(18)28/h6-7,9-14,21,28H,3-5,8H2,1-2H3,(H,25,27). The predicted octanol–water partition coefficient (Wildman–Crippen LogP) is 4.64. The van der Waals surface area contributed by atoms with Gasteiger partial charge >= 0.3 is 0 Å². The second kappa shape index (κ2) is 9.88. The number of nitrogens with one attached hydrogen (secondary N) is 1. The molecular formula is C23H25N3O5. The summed E-state index contributed by atoms with van der Waals surface area (Å²) >= 11 is 0. The average molecular weight is 423 g/mol. The number of benzene rings is 2. The third-order valence-electron chi connectivity index (χ3n) is 5.14. The number of nitro benzene ring substituents is 1. The van der Waals surface area contributed by atoms with Gasteiger partial charge in [-0.25, -0.2) is 0 Å². The quantitative estimate of drug-likeness (QED) is 0.294. The molecule has 0 spiro atoms. The molecule has 0 fully saturated rings. The summed E-state index contributed by atoms with van der Waals surface area (Å²) in [6.07, 6.45) is 4.44. The van der Waals surface area contributed by atoms with Crippen LogP contribution in [0.3, 0.4) is 0 Å². The van der Waals surface area contributed by atoms with Crippen molar-refractivity contribution >= 4 is 22.5 Å². The van der Waals surface area contributed by atoms with Crippen LogP contribution in [-0.4, -0.2) is 28.0 Å². The van der Waals surface area contributed by atoms with Gasteiger partial charge in [0.1, 0.15) is 17.0 Å². The largest absolute Gasteiger partial charge is 0.505 e. The lowest BCUT2D eigenvalue weighted by molar-refractivity contribution is -0.383. The topological polar surface area (TPSA) is 115 Å². The maximum atomic E-state index is 12.6. The van der Waals surface area contributed by atoms with Crippen molar-refractivity contribution in [2.45, 2.75) is 38.6 Å². The van der Waals surface area contributed by atoms with Crippen LogP contribution in [0.2, 0.25) is 0 Å². The minimum Gasteiger partial charge on any atom is -0.505 e. The van der Waals surface area contributed by atoms with E-state index in [1.807, 2.05) is 0 Å². The number of phenols is 1. The fraction of sp³-hybridized carbons (Fsp3) is 0.304. The van der Waals surface area contributed by atoms with Gasteiger partial charge in [-0.1, -0.05) is 31.9 Å². The van der Waals surface area contributed by atoms with Crippen LogP contribution < -0.4 is 10.1 Å². The summed E-state index contributed by atoms with van der Waals surface area (Å²) in [5, 5.41) is 25.8. The molecule has 0 aliphatic carbocycles. The molecule has 1 amide bonds. The van der Waals surface area contributed by atoms with E-state index in [4.69, 9.17) is 4.74 Å². The summed E-state index contributed by atoms with van der Waals surface area (Å²) in [7, 11) is 1.55. The molecule has 1 aromatic heterocycles. The zero-order valence-corrected chi connectivity index (χ0v) is 17.5. The summed E-state index contributed by atoms with van der Waals surface area (Å²) < 4.78 is 5.20. The van der Waals surface area contributed by atoms with E-state index in [0.717, 1.165) is 19.3 Å². The molecule has 0 bridgehead atoms. The molecule has 2 N–H and O–H groups in total. The minimum absolute atomic E-state index is 0.116. The number of pyridine rings is 1. The van der Waals surface area contributed by atoms with E-state index in [1.165, 1.54) is 18.3 Å². The Hall–Kier alpha value is -3.68. The first-order valence-corrected chi connectivity index (χ1v) is 10.1. The van der Waals surface area contributed by atoms with Crippen LogP contribution >= 0.6 is 0 Å². The van der Waals surface area contributed by atoms with E-state index in [0.29, 0.717) is 17.7 Å². The monoisotopic (exact) mass is 423 g/mol.